The van der Waals surface area contributed by atoms with E-state index in [4.69, 9.17) is 17.2 Å². The van der Waals surface area contributed by atoms with Gasteiger partial charge >= 0.3 is 11.9 Å². The summed E-state index contributed by atoms with van der Waals surface area (Å²) in [5.41, 5.74) is 17.8. The number of carboxylic acid groups (broad SMARTS) is 2. The number of hydrogen-bond donors (Lipinski definition) is 17. The van der Waals surface area contributed by atoms with Crippen molar-refractivity contribution in [2.75, 3.05) is 38.2 Å². The van der Waals surface area contributed by atoms with E-state index in [1.807, 2.05) is 0 Å². The summed E-state index contributed by atoms with van der Waals surface area (Å²) in [6.45, 7) is 4.09. The van der Waals surface area contributed by atoms with E-state index in [1.165, 1.54) is 38.7 Å². The molecule has 12 amide bonds. The fraction of sp³-hybridized carbons (Fsp3) is 0.569. The molecule has 4 bridgehead atoms. The SMILES string of the molecule is C[C@@H]1NC(=O)C(Cc2c[nH]c3ccccc23)NC(=O)[C@H](C)NC(=O)[C@@H]2CSSCC(NC(=O)CN)C(=O)N[C@@H](Cc3cn(nn3)CCC[C@H](C(=O)N(C)[C@H](CCCN=C(N)N)C(=O)O)NC1=O)C(=O)N[C@@H]([C@@H](C)O)C(=O)N[C@@H](CC(=O)O)C(=O)N1CCC[C@H]1C(=O)N[C@@H](C)C(=O)N2. The zero-order chi connectivity index (χ0) is 71.4. The Labute approximate surface area is 563 Å². The minimum absolute atomic E-state index is 0.0119. The number of aliphatic hydroxyl groups excluding tert-OH is 1. The molecule has 20 N–H and O–H groups in total. The van der Waals surface area contributed by atoms with Crippen molar-refractivity contribution in [2.45, 2.75) is 171 Å². The van der Waals surface area contributed by atoms with Crippen LogP contribution in [0.25, 0.3) is 10.9 Å². The van der Waals surface area contributed by atoms with E-state index >= 15 is 0 Å². The summed E-state index contributed by atoms with van der Waals surface area (Å²) in [6, 6.07) is -11.9. The van der Waals surface area contributed by atoms with Gasteiger partial charge in [0, 0.05) is 74.3 Å². The van der Waals surface area contributed by atoms with E-state index in [-0.39, 0.29) is 87.7 Å². The Morgan fingerprint density at radius 3 is 2.03 bits per heavy atom. The number of aliphatic carboxylic acids is 2. The fourth-order valence-electron chi connectivity index (χ4n) is 10.7. The molecular formula is C58H84N20O17S2. The lowest BCUT2D eigenvalue weighted by Gasteiger charge is -2.30. The Morgan fingerprint density at radius 1 is 0.742 bits per heavy atom. The Morgan fingerprint density at radius 2 is 1.36 bits per heavy atom. The largest absolute Gasteiger partial charge is 0.481 e. The first-order valence-electron chi connectivity index (χ1n) is 31.1. The second kappa shape index (κ2) is 35.9. The van der Waals surface area contributed by atoms with Gasteiger partial charge in [-0.2, -0.15) is 0 Å². The van der Waals surface area contributed by atoms with Crippen LogP contribution in [0.4, 0.5) is 0 Å². The van der Waals surface area contributed by atoms with Crippen LogP contribution in [0.2, 0.25) is 0 Å². The van der Waals surface area contributed by atoms with E-state index < -0.39 is 181 Å². The molecule has 2 unspecified atom stereocenters. The van der Waals surface area contributed by atoms with Crippen molar-refractivity contribution in [1.82, 2.24) is 82.9 Å². The lowest BCUT2D eigenvalue weighted by Crippen LogP contribution is -2.62. The number of nitrogens with zero attached hydrogens (tertiary/aromatic N) is 6. The molecule has 3 aliphatic heterocycles. The molecule has 2 saturated heterocycles. The number of rotatable bonds is 14. The second-order valence-electron chi connectivity index (χ2n) is 23.5. The maximum atomic E-state index is 14.6. The van der Waals surface area contributed by atoms with Crippen molar-refractivity contribution < 1.29 is 82.4 Å². The van der Waals surface area contributed by atoms with Gasteiger partial charge in [-0.25, -0.2) is 4.79 Å². The van der Waals surface area contributed by atoms with Crippen molar-refractivity contribution in [3.63, 3.8) is 0 Å². The zero-order valence-corrected chi connectivity index (χ0v) is 55.5. The van der Waals surface area contributed by atoms with Gasteiger partial charge in [0.15, 0.2) is 5.96 Å². The van der Waals surface area contributed by atoms with Crippen LogP contribution in [0.3, 0.4) is 0 Å². The van der Waals surface area contributed by atoms with Gasteiger partial charge in [0.2, 0.25) is 70.9 Å². The van der Waals surface area contributed by atoms with Crippen LogP contribution < -0.4 is 70.4 Å². The number of amides is 12. The maximum absolute atomic E-state index is 14.6. The molecule has 530 valence electrons. The van der Waals surface area contributed by atoms with Crippen molar-refractivity contribution >= 4 is 121 Å². The molecule has 2 aromatic heterocycles. The number of nitrogens with two attached hydrogens (primary N) is 3. The van der Waals surface area contributed by atoms with Gasteiger partial charge < -0.3 is 100 Å². The number of likely N-dealkylation sites (N-methyl/N-ethyl adjacent to an activating group) is 1. The van der Waals surface area contributed by atoms with Crippen LogP contribution in [0.1, 0.15) is 83.9 Å². The van der Waals surface area contributed by atoms with Crippen LogP contribution in [0.5, 0.6) is 0 Å². The van der Waals surface area contributed by atoms with Crippen molar-refractivity contribution in [3.05, 3.63) is 47.9 Å². The summed E-state index contributed by atoms with van der Waals surface area (Å²) < 4.78 is 1.26. The Kier molecular flexibility index (Phi) is 28.3. The van der Waals surface area contributed by atoms with Gasteiger partial charge in [0.25, 0.3) is 0 Å². The Hall–Kier alpha value is -9.63. The summed E-state index contributed by atoms with van der Waals surface area (Å²) >= 11 is 0. The molecule has 3 aliphatic rings. The molecular weight excluding hydrogens is 1310 g/mol. The number of aliphatic hydroxyl groups is 1. The standard InChI is InChI=1S/C58H84N20O17S2/c1-27-46(83)68-35(55(92)76(5)42(57(94)95)14-8-16-62-58(60)61)13-9-17-77-24-32(74-75-77)20-37-50(87)73-45(30(4)79)54(91)71-38(21-44(81)82)56(93)78-18-10-15-41(78)53(90)66-29(3)48(85)72-40(26-97-96-25-39(52(89)70-37)67-43(80)22-59)51(88)65-28(2)47(84)69-36(49(86)64-27)19-31-23-63-34-12-7-6-11-33(31)34/h6-7,11-12,23-24,27-30,35-42,45,63,79H,8-10,13-22,25-26,59H2,1-5H3,(H,64,86)(H,65,88)(H,66,90)(H,67,80)(H,68,83)(H,69,84)(H,70,89)(H,71,91)(H,72,85)(H,73,87)(H,81,82)(H,94,95)(H4,60,61,62)/t27-,28-,29-,30+,35+,36?,37-,38-,39?,40-,41-,42+,45-/m0/s1. The third kappa shape index (κ3) is 21.9. The first kappa shape index (κ1) is 76.4. The van der Waals surface area contributed by atoms with Gasteiger partial charge in [0.05, 0.1) is 24.8 Å². The predicted octanol–water partition coefficient (Wildman–Crippen LogP) is -6.59. The molecule has 0 saturated carbocycles. The number of H-pyrrole nitrogens is 1. The minimum atomic E-state index is -1.98. The summed E-state index contributed by atoms with van der Waals surface area (Å²) in [5, 5.41) is 65.3. The van der Waals surface area contributed by atoms with E-state index in [0.29, 0.717) is 16.5 Å². The number of carbonyl (C=O) groups excluding carboxylic acids is 12. The number of para-hydroxylation sites is 1. The van der Waals surface area contributed by atoms with Crippen molar-refractivity contribution in [3.8, 4) is 0 Å². The molecule has 0 aliphatic carbocycles. The van der Waals surface area contributed by atoms with Crippen molar-refractivity contribution in [1.29, 1.82) is 0 Å². The van der Waals surface area contributed by atoms with Crippen LogP contribution in [0.15, 0.2) is 41.7 Å². The highest BCUT2D eigenvalue weighted by Crippen LogP contribution is 2.25. The molecule has 13 atom stereocenters. The van der Waals surface area contributed by atoms with E-state index in [9.17, 15) is 82.4 Å². The fourth-order valence-corrected chi connectivity index (χ4v) is 13.1. The number of aryl methyl sites for hydroxylation is 1. The molecule has 2 fully saturated rings. The number of nitrogens with one attached hydrogen (secondary N) is 11. The highest BCUT2D eigenvalue weighted by Gasteiger charge is 2.42. The highest BCUT2D eigenvalue weighted by molar-refractivity contribution is 8.76. The van der Waals surface area contributed by atoms with Gasteiger partial charge in [-0.15, -0.1) is 5.10 Å². The van der Waals surface area contributed by atoms with Crippen LogP contribution in [-0.4, -0.2) is 251 Å². The van der Waals surface area contributed by atoms with Gasteiger partial charge in [0.1, 0.15) is 72.5 Å². The Bertz CT molecular complexity index is 3440. The molecule has 3 aromatic rings. The number of hydrogen-bond acceptors (Lipinski definition) is 21. The smallest absolute Gasteiger partial charge is 0.326 e. The highest BCUT2D eigenvalue weighted by atomic mass is 33.1. The third-order valence-electron chi connectivity index (χ3n) is 16.1. The van der Waals surface area contributed by atoms with Crippen LogP contribution in [-0.2, 0) is 86.5 Å². The monoisotopic (exact) mass is 1400 g/mol. The van der Waals surface area contributed by atoms with Crippen molar-refractivity contribution in [2.24, 2.45) is 22.2 Å². The average Bonchev–Trinajstić information content (AvgIpc) is 1.77. The lowest BCUT2D eigenvalue weighted by molar-refractivity contribution is -0.150. The van der Waals surface area contributed by atoms with E-state index in [0.717, 1.165) is 38.3 Å². The molecule has 6 rings (SSSR count). The van der Waals surface area contributed by atoms with Gasteiger partial charge in [-0.05, 0) is 77.8 Å². The molecule has 0 radical (unpaired) electrons. The first-order chi connectivity index (χ1) is 46.0. The lowest BCUT2D eigenvalue weighted by atomic mass is 10.0. The molecule has 1 aromatic carbocycles. The van der Waals surface area contributed by atoms with Crippen LogP contribution in [0, 0.1) is 0 Å². The van der Waals surface area contributed by atoms with Gasteiger partial charge in [-0.3, -0.25) is 72.0 Å². The predicted molar refractivity (Wildman–Crippen MR) is 348 cm³/mol. The minimum Gasteiger partial charge on any atom is -0.481 e. The number of benzene rings is 1. The summed E-state index contributed by atoms with van der Waals surface area (Å²) in [4.78, 5) is 205. The topological polar surface area (TPSA) is 563 Å². The number of aromatic amines is 1. The van der Waals surface area contributed by atoms with E-state index in [1.54, 1.807) is 30.5 Å². The average molecular weight is 1400 g/mol. The number of carbonyl (C=O) groups is 14. The van der Waals surface area contributed by atoms with E-state index in [2.05, 4.69) is 73.5 Å². The Balaban J connectivity index is 1.45. The summed E-state index contributed by atoms with van der Waals surface area (Å²) in [7, 11) is 2.99. The quantitative estimate of drug-likeness (QED) is 0.0309. The number of carboxylic acids is 2. The molecule has 97 heavy (non-hydrogen) atoms. The first-order valence-corrected chi connectivity index (χ1v) is 33.6. The molecule has 37 nitrogen and oxygen atoms in total. The number of aromatic nitrogens is 4. The summed E-state index contributed by atoms with van der Waals surface area (Å²) in [5.74, 6) is -15.9. The number of fused-ring (bicyclic) bond motifs is 12. The van der Waals surface area contributed by atoms with Crippen LogP contribution >= 0.6 is 21.6 Å². The molecule has 39 heteroatoms. The number of aliphatic imine (C=N–C) groups is 1. The summed E-state index contributed by atoms with van der Waals surface area (Å²) in [6.07, 6.45) is -0.689. The zero-order valence-electron chi connectivity index (χ0n) is 53.9. The maximum Gasteiger partial charge on any atom is 0.326 e. The van der Waals surface area contributed by atoms with Gasteiger partial charge in [-0.1, -0.05) is 45.0 Å². The molecule has 0 spiro atoms. The number of guanidine groups is 1. The second-order valence-corrected chi connectivity index (χ2v) is 26.1. The normalized spacial score (nSPS) is 25.9. The molecule has 5 heterocycles. The third-order valence-corrected chi connectivity index (χ3v) is 18.5.